The lowest BCUT2D eigenvalue weighted by atomic mass is 10.00. The predicted octanol–water partition coefficient (Wildman–Crippen LogP) is 2.84. The Morgan fingerprint density at radius 2 is 2.39 bits per heavy atom. The topological polar surface area (TPSA) is 28.2 Å². The summed E-state index contributed by atoms with van der Waals surface area (Å²) in [6.07, 6.45) is 5.22. The van der Waals surface area contributed by atoms with Gasteiger partial charge in [0.1, 0.15) is 0 Å². The lowest BCUT2D eigenvalue weighted by molar-refractivity contribution is 0.155. The number of thiazole rings is 1. The highest BCUT2D eigenvalue weighted by Gasteiger charge is 2.22. The molecule has 2 unspecified atom stereocenters. The molecule has 1 aliphatic heterocycles. The molecule has 0 spiro atoms. The first-order valence-corrected chi connectivity index (χ1v) is 7.98. The molecule has 0 amide bonds. The van der Waals surface area contributed by atoms with Crippen LogP contribution < -0.4 is 5.32 Å². The molecule has 0 radical (unpaired) electrons. The van der Waals surface area contributed by atoms with Crippen molar-refractivity contribution in [3.05, 3.63) is 16.1 Å². The van der Waals surface area contributed by atoms with E-state index in [1.807, 2.05) is 18.4 Å². The van der Waals surface area contributed by atoms with Gasteiger partial charge in [-0.3, -0.25) is 0 Å². The number of nitrogens with one attached hydrogen (secondary N) is 1. The lowest BCUT2D eigenvalue weighted by Gasteiger charge is -2.34. The molecular weight excluding hydrogens is 242 g/mol. The molecule has 4 heteroatoms. The molecule has 1 fully saturated rings. The van der Waals surface area contributed by atoms with E-state index in [9.17, 15) is 0 Å². The van der Waals surface area contributed by atoms with E-state index in [4.69, 9.17) is 4.98 Å². The van der Waals surface area contributed by atoms with Crippen molar-refractivity contribution in [1.29, 1.82) is 0 Å². The molecule has 2 heterocycles. The molecular formula is C14H25N3S. The van der Waals surface area contributed by atoms with Gasteiger partial charge in [-0.2, -0.15) is 0 Å². The highest BCUT2D eigenvalue weighted by atomic mass is 32.1. The van der Waals surface area contributed by atoms with Gasteiger partial charge in [-0.25, -0.2) is 4.98 Å². The summed E-state index contributed by atoms with van der Waals surface area (Å²) >= 11 is 1.82. The lowest BCUT2D eigenvalue weighted by Crippen LogP contribution is -2.40. The summed E-state index contributed by atoms with van der Waals surface area (Å²) in [7, 11) is 1.99. The second-order valence-corrected chi connectivity index (χ2v) is 6.10. The maximum atomic E-state index is 4.77. The molecule has 0 aromatic carbocycles. The van der Waals surface area contributed by atoms with Gasteiger partial charge in [-0.1, -0.05) is 13.3 Å². The molecule has 1 saturated heterocycles. The van der Waals surface area contributed by atoms with Crippen molar-refractivity contribution >= 4 is 11.3 Å². The van der Waals surface area contributed by atoms with E-state index in [1.165, 1.54) is 43.1 Å². The van der Waals surface area contributed by atoms with E-state index in [0.29, 0.717) is 12.1 Å². The minimum Gasteiger partial charge on any atom is -0.312 e. The van der Waals surface area contributed by atoms with Crippen molar-refractivity contribution in [2.24, 2.45) is 0 Å². The van der Waals surface area contributed by atoms with Gasteiger partial charge in [0.25, 0.3) is 0 Å². The fraction of sp³-hybridized carbons (Fsp3) is 0.786. The van der Waals surface area contributed by atoms with Gasteiger partial charge in [0.15, 0.2) is 0 Å². The molecule has 2 atom stereocenters. The van der Waals surface area contributed by atoms with Crippen LogP contribution in [0.15, 0.2) is 5.38 Å². The summed E-state index contributed by atoms with van der Waals surface area (Å²) in [5.74, 6) is 0. The normalized spacial score (nSPS) is 23.2. The molecule has 18 heavy (non-hydrogen) atoms. The first kappa shape index (κ1) is 14.0. The summed E-state index contributed by atoms with van der Waals surface area (Å²) in [6, 6.07) is 1.08. The Morgan fingerprint density at radius 3 is 3.11 bits per heavy atom. The molecule has 102 valence electrons. The van der Waals surface area contributed by atoms with Crippen LogP contribution in [0.4, 0.5) is 0 Å². The van der Waals surface area contributed by atoms with Gasteiger partial charge >= 0.3 is 0 Å². The third kappa shape index (κ3) is 3.31. The Kier molecular flexibility index (Phi) is 5.15. The Bertz CT molecular complexity index is 364. The summed E-state index contributed by atoms with van der Waals surface area (Å²) in [5, 5.41) is 6.76. The quantitative estimate of drug-likeness (QED) is 0.889. The zero-order valence-corrected chi connectivity index (χ0v) is 12.6. The van der Waals surface area contributed by atoms with Crippen LogP contribution in [0, 0.1) is 0 Å². The van der Waals surface area contributed by atoms with Crippen molar-refractivity contribution < 1.29 is 0 Å². The van der Waals surface area contributed by atoms with Gasteiger partial charge < -0.3 is 10.2 Å². The number of aromatic nitrogens is 1. The molecule has 1 aromatic heterocycles. The number of nitrogens with zero attached hydrogens (tertiary/aromatic N) is 2. The van der Waals surface area contributed by atoms with Gasteiger partial charge in [0.2, 0.25) is 0 Å². The van der Waals surface area contributed by atoms with Gasteiger partial charge in [-0.15, -0.1) is 11.3 Å². The Hall–Kier alpha value is -0.450. The van der Waals surface area contributed by atoms with Crippen LogP contribution in [0.3, 0.4) is 0 Å². The predicted molar refractivity (Wildman–Crippen MR) is 78.2 cm³/mol. The summed E-state index contributed by atoms with van der Waals surface area (Å²) in [6.45, 7) is 6.88. The minimum absolute atomic E-state index is 0.364. The van der Waals surface area contributed by atoms with E-state index in [0.717, 1.165) is 6.42 Å². The van der Waals surface area contributed by atoms with Crippen molar-refractivity contribution in [3.8, 4) is 0 Å². The fourth-order valence-corrected chi connectivity index (χ4v) is 3.63. The Morgan fingerprint density at radius 1 is 1.56 bits per heavy atom. The van der Waals surface area contributed by atoms with Crippen LogP contribution in [0.5, 0.6) is 0 Å². The molecule has 1 aromatic rings. The zero-order valence-electron chi connectivity index (χ0n) is 11.8. The van der Waals surface area contributed by atoms with E-state index in [1.54, 1.807) is 0 Å². The fourth-order valence-electron chi connectivity index (χ4n) is 2.67. The first-order chi connectivity index (χ1) is 8.74. The summed E-state index contributed by atoms with van der Waals surface area (Å²) in [5.41, 5.74) is 1.19. The zero-order chi connectivity index (χ0) is 13.0. The van der Waals surface area contributed by atoms with E-state index in [2.05, 4.69) is 29.4 Å². The van der Waals surface area contributed by atoms with Gasteiger partial charge in [0, 0.05) is 23.9 Å². The van der Waals surface area contributed by atoms with Crippen LogP contribution in [0.1, 0.15) is 49.9 Å². The molecule has 1 aliphatic rings. The van der Waals surface area contributed by atoms with Crippen LogP contribution in [-0.2, 0) is 6.42 Å². The van der Waals surface area contributed by atoms with Gasteiger partial charge in [-0.05, 0) is 39.9 Å². The number of rotatable bonds is 5. The molecule has 1 N–H and O–H groups in total. The molecule has 2 rings (SSSR count). The van der Waals surface area contributed by atoms with Gasteiger partial charge in [0.05, 0.1) is 10.7 Å². The monoisotopic (exact) mass is 267 g/mol. The van der Waals surface area contributed by atoms with Crippen molar-refractivity contribution in [2.45, 2.75) is 51.6 Å². The maximum absolute atomic E-state index is 4.77. The second kappa shape index (κ2) is 6.64. The van der Waals surface area contributed by atoms with E-state index >= 15 is 0 Å². The standard InChI is InChI=1S/C14H25N3S/c1-4-17-8-6-5-7-12(17)9-14-16-13(10-18-14)11(2)15-3/h10-12,15H,4-9H2,1-3H3. The van der Waals surface area contributed by atoms with Crippen LogP contribution in [0.25, 0.3) is 0 Å². The second-order valence-electron chi connectivity index (χ2n) is 5.16. The Labute approximate surface area is 115 Å². The van der Waals surface area contributed by atoms with E-state index in [-0.39, 0.29) is 0 Å². The average Bonchev–Trinajstić information content (AvgIpc) is 2.87. The highest BCUT2D eigenvalue weighted by molar-refractivity contribution is 7.09. The number of hydrogen-bond acceptors (Lipinski definition) is 4. The smallest absolute Gasteiger partial charge is 0.0944 e. The third-order valence-electron chi connectivity index (χ3n) is 4.01. The van der Waals surface area contributed by atoms with Crippen molar-refractivity contribution in [3.63, 3.8) is 0 Å². The van der Waals surface area contributed by atoms with Crippen LogP contribution >= 0.6 is 11.3 Å². The van der Waals surface area contributed by atoms with Crippen LogP contribution in [-0.4, -0.2) is 36.1 Å². The first-order valence-electron chi connectivity index (χ1n) is 7.10. The SMILES string of the molecule is CCN1CCCCC1Cc1nc(C(C)NC)cs1. The summed E-state index contributed by atoms with van der Waals surface area (Å²) in [4.78, 5) is 7.39. The number of hydrogen-bond donors (Lipinski definition) is 1. The Balaban J connectivity index is 1.97. The van der Waals surface area contributed by atoms with E-state index < -0.39 is 0 Å². The third-order valence-corrected chi connectivity index (χ3v) is 4.90. The molecule has 0 aliphatic carbocycles. The maximum Gasteiger partial charge on any atom is 0.0944 e. The number of likely N-dealkylation sites (N-methyl/N-ethyl adjacent to an activating group) is 1. The van der Waals surface area contributed by atoms with Crippen molar-refractivity contribution in [2.75, 3.05) is 20.1 Å². The highest BCUT2D eigenvalue weighted by Crippen LogP contribution is 2.23. The summed E-state index contributed by atoms with van der Waals surface area (Å²) < 4.78 is 0. The number of piperidine rings is 1. The average molecular weight is 267 g/mol. The molecule has 3 nitrogen and oxygen atoms in total. The van der Waals surface area contributed by atoms with Crippen LogP contribution in [0.2, 0.25) is 0 Å². The molecule has 0 saturated carbocycles. The minimum atomic E-state index is 0.364. The van der Waals surface area contributed by atoms with Crippen molar-refractivity contribution in [1.82, 2.24) is 15.2 Å². The molecule has 0 bridgehead atoms. The number of likely N-dealkylation sites (tertiary alicyclic amines) is 1. The largest absolute Gasteiger partial charge is 0.312 e.